The fourth-order valence-electron chi connectivity index (χ4n) is 3.62. The summed E-state index contributed by atoms with van der Waals surface area (Å²) in [5, 5.41) is 0.976. The van der Waals surface area contributed by atoms with Gasteiger partial charge in [-0.2, -0.15) is 8.42 Å². The van der Waals surface area contributed by atoms with Gasteiger partial charge in [-0.05, 0) is 48.5 Å². The molecule has 0 fully saturated rings. The number of ether oxygens (including phenoxy) is 1. The number of rotatable bonds is 4. The number of para-hydroxylation sites is 1. The molecule has 0 amide bonds. The number of aryl methyl sites for hydroxylation is 1. The lowest BCUT2D eigenvalue weighted by Crippen LogP contribution is -2.09. The normalized spacial score (nSPS) is 14.6. The minimum absolute atomic E-state index is 0.0210. The van der Waals surface area contributed by atoms with E-state index in [1.165, 1.54) is 18.2 Å². The van der Waals surface area contributed by atoms with Crippen molar-refractivity contribution in [3.63, 3.8) is 0 Å². The van der Waals surface area contributed by atoms with E-state index >= 15 is 0 Å². The number of hydrogen-bond acceptors (Lipinski definition) is 5. The number of hydrogen-bond donors (Lipinski definition) is 0. The summed E-state index contributed by atoms with van der Waals surface area (Å²) < 4.78 is 50.8. The molecule has 0 unspecified atom stereocenters. The van der Waals surface area contributed by atoms with Crippen LogP contribution in [0.15, 0.2) is 83.6 Å². The smallest absolute Gasteiger partial charge is 0.339 e. The molecule has 5 rings (SSSR count). The highest BCUT2D eigenvalue weighted by Gasteiger charge is 2.29. The predicted molar refractivity (Wildman–Crippen MR) is 117 cm³/mol. The maximum absolute atomic E-state index is 13.1. The van der Waals surface area contributed by atoms with Crippen LogP contribution in [0.3, 0.4) is 0 Å². The second-order valence-electron chi connectivity index (χ2n) is 7.30. The number of benzene rings is 3. The van der Waals surface area contributed by atoms with Crippen LogP contribution >= 0.6 is 0 Å². The van der Waals surface area contributed by atoms with Crippen molar-refractivity contribution in [3.05, 3.63) is 95.6 Å². The van der Waals surface area contributed by atoms with E-state index in [-0.39, 0.29) is 27.9 Å². The van der Waals surface area contributed by atoms with E-state index in [2.05, 4.69) is 0 Å². The molecule has 0 radical (unpaired) electrons. The Kier molecular flexibility index (Phi) is 4.60. The van der Waals surface area contributed by atoms with Gasteiger partial charge in [-0.1, -0.05) is 18.2 Å². The quantitative estimate of drug-likeness (QED) is 0.334. The molecule has 0 bridgehead atoms. The van der Waals surface area contributed by atoms with Crippen LogP contribution in [0.4, 0.5) is 4.39 Å². The Morgan fingerprint density at radius 3 is 2.56 bits per heavy atom. The second-order valence-corrected chi connectivity index (χ2v) is 8.85. The first kappa shape index (κ1) is 20.0. The molecule has 160 valence electrons. The van der Waals surface area contributed by atoms with Gasteiger partial charge in [0.25, 0.3) is 0 Å². The number of allylic oxidation sites excluding steroid dienone is 1. The van der Waals surface area contributed by atoms with Gasteiger partial charge >= 0.3 is 10.1 Å². The fraction of sp³-hybridized carbons (Fsp3) is 0.0417. The number of aromatic nitrogens is 1. The van der Waals surface area contributed by atoms with Crippen molar-refractivity contribution in [2.45, 2.75) is 4.90 Å². The van der Waals surface area contributed by atoms with Gasteiger partial charge in [-0.25, -0.2) is 4.39 Å². The zero-order valence-electron chi connectivity index (χ0n) is 16.8. The monoisotopic (exact) mass is 449 g/mol. The standard InChI is InChI=1S/C24H16FNO5S/c1-26-14-15(19-4-2-3-5-21(19)26)12-23-24(27)20-11-8-17(13-22(20)30-23)31-32(28,29)18-9-6-16(25)7-10-18/h2-14H,1H3. The summed E-state index contributed by atoms with van der Waals surface area (Å²) in [5.41, 5.74) is 2.15. The van der Waals surface area contributed by atoms with Crippen molar-refractivity contribution in [2.75, 3.05) is 0 Å². The largest absolute Gasteiger partial charge is 0.452 e. The van der Waals surface area contributed by atoms with Crippen molar-refractivity contribution in [3.8, 4) is 11.5 Å². The average Bonchev–Trinajstić information content (AvgIpc) is 3.25. The highest BCUT2D eigenvalue weighted by atomic mass is 32.2. The van der Waals surface area contributed by atoms with Crippen LogP contribution in [0.25, 0.3) is 17.0 Å². The molecule has 0 aliphatic carbocycles. The third-order valence-electron chi connectivity index (χ3n) is 5.16. The summed E-state index contributed by atoms with van der Waals surface area (Å²) >= 11 is 0. The zero-order valence-corrected chi connectivity index (χ0v) is 17.6. The van der Waals surface area contributed by atoms with Crippen molar-refractivity contribution in [1.82, 2.24) is 4.57 Å². The van der Waals surface area contributed by atoms with Crippen LogP contribution in [0.2, 0.25) is 0 Å². The third-order valence-corrected chi connectivity index (χ3v) is 6.43. The maximum Gasteiger partial charge on any atom is 0.339 e. The first-order valence-corrected chi connectivity index (χ1v) is 11.0. The van der Waals surface area contributed by atoms with E-state index in [0.29, 0.717) is 5.56 Å². The molecule has 0 spiro atoms. The molecular formula is C24H16FNO5S. The molecular weight excluding hydrogens is 433 g/mol. The van der Waals surface area contributed by atoms with Crippen molar-refractivity contribution >= 4 is 32.9 Å². The Morgan fingerprint density at radius 2 is 1.78 bits per heavy atom. The molecule has 1 aliphatic rings. The van der Waals surface area contributed by atoms with Crippen LogP contribution in [0.5, 0.6) is 11.5 Å². The number of carbonyl (C=O) groups is 1. The van der Waals surface area contributed by atoms with E-state index in [1.54, 1.807) is 6.08 Å². The maximum atomic E-state index is 13.1. The van der Waals surface area contributed by atoms with Gasteiger partial charge in [0.2, 0.25) is 5.78 Å². The van der Waals surface area contributed by atoms with Gasteiger partial charge in [0.15, 0.2) is 5.76 Å². The van der Waals surface area contributed by atoms with E-state index in [9.17, 15) is 17.6 Å². The average molecular weight is 449 g/mol. The number of fused-ring (bicyclic) bond motifs is 2. The number of Topliss-reactive ketones (excluding diaryl/α,β-unsaturated/α-hetero) is 1. The van der Waals surface area contributed by atoms with Crippen molar-refractivity contribution < 1.29 is 26.5 Å². The third kappa shape index (κ3) is 3.44. The topological polar surface area (TPSA) is 74.6 Å². The molecule has 1 aliphatic heterocycles. The zero-order chi connectivity index (χ0) is 22.5. The molecule has 0 atom stereocenters. The summed E-state index contributed by atoms with van der Waals surface area (Å²) in [4.78, 5) is 12.6. The van der Waals surface area contributed by atoms with E-state index in [4.69, 9.17) is 8.92 Å². The van der Waals surface area contributed by atoms with Crippen LogP contribution in [-0.4, -0.2) is 18.8 Å². The number of ketones is 1. The van der Waals surface area contributed by atoms with Gasteiger partial charge in [-0.3, -0.25) is 4.79 Å². The predicted octanol–water partition coefficient (Wildman–Crippen LogP) is 4.70. The van der Waals surface area contributed by atoms with Gasteiger partial charge in [0.05, 0.1) is 5.56 Å². The molecule has 8 heteroatoms. The van der Waals surface area contributed by atoms with Crippen LogP contribution in [0, 0.1) is 5.82 Å². The molecule has 0 saturated carbocycles. The number of carbonyl (C=O) groups excluding carboxylic acids is 1. The summed E-state index contributed by atoms with van der Waals surface area (Å²) in [6.07, 6.45) is 3.57. The SMILES string of the molecule is Cn1cc(C=C2Oc3cc(OS(=O)(=O)c4ccc(F)cc4)ccc3C2=O)c2ccccc21. The van der Waals surface area contributed by atoms with E-state index < -0.39 is 15.9 Å². The molecule has 3 aromatic carbocycles. The highest BCUT2D eigenvalue weighted by molar-refractivity contribution is 7.87. The first-order valence-electron chi connectivity index (χ1n) is 9.64. The molecule has 32 heavy (non-hydrogen) atoms. The molecule has 0 N–H and O–H groups in total. The number of nitrogens with zero attached hydrogens (tertiary/aromatic N) is 1. The van der Waals surface area contributed by atoms with E-state index in [1.807, 2.05) is 42.1 Å². The van der Waals surface area contributed by atoms with Crippen molar-refractivity contribution in [2.24, 2.45) is 7.05 Å². The summed E-state index contributed by atoms with van der Waals surface area (Å²) in [5.74, 6) is -0.546. The van der Waals surface area contributed by atoms with E-state index in [0.717, 1.165) is 40.7 Å². The first-order chi connectivity index (χ1) is 15.3. The van der Waals surface area contributed by atoms with Crippen molar-refractivity contribution in [1.29, 1.82) is 0 Å². The Balaban J connectivity index is 1.44. The summed E-state index contributed by atoms with van der Waals surface area (Å²) in [6, 6.07) is 16.3. The van der Waals surface area contributed by atoms with Gasteiger partial charge in [-0.15, -0.1) is 0 Å². The minimum atomic E-state index is -4.17. The molecule has 0 saturated heterocycles. The molecule has 1 aromatic heterocycles. The van der Waals surface area contributed by atoms with Crippen LogP contribution in [-0.2, 0) is 17.2 Å². The van der Waals surface area contributed by atoms with Gasteiger partial charge in [0.1, 0.15) is 22.2 Å². The van der Waals surface area contributed by atoms with Gasteiger partial charge in [0, 0.05) is 35.8 Å². The summed E-state index contributed by atoms with van der Waals surface area (Å²) in [7, 11) is -2.25. The van der Waals surface area contributed by atoms with Crippen LogP contribution in [0.1, 0.15) is 15.9 Å². The lowest BCUT2D eigenvalue weighted by Gasteiger charge is -2.07. The lowest BCUT2D eigenvalue weighted by atomic mass is 10.1. The Labute approximate surface area is 183 Å². The second kappa shape index (κ2) is 7.35. The Bertz CT molecular complexity index is 1520. The lowest BCUT2D eigenvalue weighted by molar-refractivity contribution is 0.101. The Hall–Kier alpha value is -3.91. The minimum Gasteiger partial charge on any atom is -0.452 e. The van der Waals surface area contributed by atoms with Crippen LogP contribution < -0.4 is 8.92 Å². The Morgan fingerprint density at radius 1 is 1.03 bits per heavy atom. The molecule has 6 nitrogen and oxygen atoms in total. The van der Waals surface area contributed by atoms with Gasteiger partial charge < -0.3 is 13.5 Å². The summed E-state index contributed by atoms with van der Waals surface area (Å²) in [6.45, 7) is 0. The molecule has 2 heterocycles. The highest BCUT2D eigenvalue weighted by Crippen LogP contribution is 2.36. The fourth-order valence-corrected chi connectivity index (χ4v) is 4.55. The molecule has 4 aromatic rings. The number of halogens is 1.